The van der Waals surface area contributed by atoms with E-state index in [2.05, 4.69) is 17.2 Å². The molecule has 2 amide bonds. The van der Waals surface area contributed by atoms with Crippen molar-refractivity contribution in [3.05, 3.63) is 59.4 Å². The van der Waals surface area contributed by atoms with Crippen LogP contribution in [0.1, 0.15) is 43.5 Å². The van der Waals surface area contributed by atoms with E-state index in [0.717, 1.165) is 35.0 Å². The van der Waals surface area contributed by atoms with Gasteiger partial charge in [-0.1, -0.05) is 25.1 Å². The van der Waals surface area contributed by atoms with Gasteiger partial charge in [0.05, 0.1) is 18.2 Å². The standard InChI is InChI=1S/C23H26N2O5S/c1-4-16-7-10-20(24-12-16)18(13-29-15(2)26)14-30-19-8-5-17(6-9-19)11-23(3)21(27)25-22(28)31-23/h5-10,12,18H,4,11,13-14H2,1-3H3,(H,25,27,28)/t18-,23?/m1/s1. The molecule has 3 rings (SSSR count). The van der Waals surface area contributed by atoms with Crippen molar-refractivity contribution in [3.63, 3.8) is 0 Å². The van der Waals surface area contributed by atoms with Gasteiger partial charge in [-0.25, -0.2) is 0 Å². The second kappa shape index (κ2) is 9.96. The first kappa shape index (κ1) is 22.8. The molecule has 1 unspecified atom stereocenters. The van der Waals surface area contributed by atoms with Crippen LogP contribution < -0.4 is 10.1 Å². The molecule has 1 fully saturated rings. The Morgan fingerprint density at radius 1 is 1.13 bits per heavy atom. The summed E-state index contributed by atoms with van der Waals surface area (Å²) in [7, 11) is 0. The van der Waals surface area contributed by atoms with Crippen molar-refractivity contribution in [2.75, 3.05) is 13.2 Å². The van der Waals surface area contributed by atoms with Gasteiger partial charge in [0.25, 0.3) is 5.24 Å². The first-order valence-corrected chi connectivity index (χ1v) is 10.9. The molecule has 0 bridgehead atoms. The number of pyridine rings is 1. The highest BCUT2D eigenvalue weighted by molar-refractivity contribution is 8.16. The van der Waals surface area contributed by atoms with Crippen LogP contribution in [0.3, 0.4) is 0 Å². The average molecular weight is 443 g/mol. The molecule has 0 radical (unpaired) electrons. The summed E-state index contributed by atoms with van der Waals surface area (Å²) >= 11 is 1.02. The Hall–Kier alpha value is -2.87. The fourth-order valence-electron chi connectivity index (χ4n) is 3.23. The topological polar surface area (TPSA) is 94.6 Å². The zero-order valence-corrected chi connectivity index (χ0v) is 18.7. The number of ether oxygens (including phenoxy) is 2. The zero-order valence-electron chi connectivity index (χ0n) is 17.8. The predicted molar refractivity (Wildman–Crippen MR) is 118 cm³/mol. The number of aryl methyl sites for hydroxylation is 1. The van der Waals surface area contributed by atoms with Gasteiger partial charge < -0.3 is 9.47 Å². The first-order valence-electron chi connectivity index (χ1n) is 10.1. The maximum Gasteiger partial charge on any atom is 0.302 e. The van der Waals surface area contributed by atoms with Gasteiger partial charge in [0.1, 0.15) is 17.1 Å². The Kier molecular flexibility index (Phi) is 7.33. The number of esters is 1. The van der Waals surface area contributed by atoms with Crippen LogP contribution in [0.25, 0.3) is 0 Å². The van der Waals surface area contributed by atoms with E-state index in [1.54, 1.807) is 6.92 Å². The molecule has 0 spiro atoms. The number of nitrogens with zero attached hydrogens (tertiary/aromatic N) is 1. The lowest BCUT2D eigenvalue weighted by Gasteiger charge is -2.19. The summed E-state index contributed by atoms with van der Waals surface area (Å²) in [5.41, 5.74) is 2.87. The number of imide groups is 1. The molecule has 164 valence electrons. The molecular formula is C23H26N2O5S. The lowest BCUT2D eigenvalue weighted by Crippen LogP contribution is -2.35. The van der Waals surface area contributed by atoms with Gasteiger partial charge in [0, 0.05) is 13.1 Å². The zero-order chi connectivity index (χ0) is 22.4. The molecule has 2 atom stereocenters. The van der Waals surface area contributed by atoms with Crippen LogP contribution in [0.4, 0.5) is 4.79 Å². The van der Waals surface area contributed by atoms with Crippen molar-refractivity contribution in [1.29, 1.82) is 0 Å². The van der Waals surface area contributed by atoms with Crippen LogP contribution in [0, 0.1) is 0 Å². The third-order valence-corrected chi connectivity index (χ3v) is 6.16. The van der Waals surface area contributed by atoms with Gasteiger partial charge in [-0.3, -0.25) is 24.7 Å². The highest BCUT2D eigenvalue weighted by Gasteiger charge is 2.43. The third kappa shape index (κ3) is 6.07. The number of hydrogen-bond acceptors (Lipinski definition) is 7. The summed E-state index contributed by atoms with van der Waals surface area (Å²) in [6.07, 6.45) is 3.17. The molecular weight excluding hydrogens is 416 g/mol. The Labute approximate surface area is 185 Å². The van der Waals surface area contributed by atoms with Gasteiger partial charge in [-0.2, -0.15) is 0 Å². The highest BCUT2D eigenvalue weighted by atomic mass is 32.2. The summed E-state index contributed by atoms with van der Waals surface area (Å²) in [5, 5.41) is 2.02. The van der Waals surface area contributed by atoms with E-state index in [9.17, 15) is 14.4 Å². The molecule has 0 saturated carbocycles. The fraction of sp³-hybridized carbons (Fsp3) is 0.391. The highest BCUT2D eigenvalue weighted by Crippen LogP contribution is 2.35. The maximum atomic E-state index is 12.0. The lowest BCUT2D eigenvalue weighted by molar-refractivity contribution is -0.141. The molecule has 2 aromatic rings. The first-order chi connectivity index (χ1) is 14.8. The van der Waals surface area contributed by atoms with E-state index in [1.807, 2.05) is 42.6 Å². The summed E-state index contributed by atoms with van der Waals surface area (Å²) in [5.74, 6) is -0.150. The molecule has 31 heavy (non-hydrogen) atoms. The molecule has 0 aliphatic carbocycles. The van der Waals surface area contributed by atoms with Crippen molar-refractivity contribution < 1.29 is 23.9 Å². The average Bonchev–Trinajstić information content (AvgIpc) is 3.00. The van der Waals surface area contributed by atoms with Crippen molar-refractivity contribution >= 4 is 28.9 Å². The Balaban J connectivity index is 1.63. The molecule has 7 nitrogen and oxygen atoms in total. The molecule has 1 aromatic carbocycles. The number of rotatable bonds is 9. The van der Waals surface area contributed by atoms with Crippen LogP contribution in [-0.2, 0) is 27.2 Å². The molecule has 1 aliphatic heterocycles. The van der Waals surface area contributed by atoms with Crippen molar-refractivity contribution in [2.24, 2.45) is 0 Å². The number of nitrogens with one attached hydrogen (secondary N) is 1. The Bertz CT molecular complexity index is 945. The molecule has 1 N–H and O–H groups in total. The van der Waals surface area contributed by atoms with Gasteiger partial charge in [0.2, 0.25) is 5.91 Å². The maximum absolute atomic E-state index is 12.0. The van der Waals surface area contributed by atoms with Crippen LogP contribution in [0.5, 0.6) is 5.75 Å². The van der Waals surface area contributed by atoms with Crippen LogP contribution >= 0.6 is 11.8 Å². The predicted octanol–water partition coefficient (Wildman–Crippen LogP) is 3.65. The summed E-state index contributed by atoms with van der Waals surface area (Å²) < 4.78 is 10.3. The van der Waals surface area contributed by atoms with Gasteiger partial charge in [-0.15, -0.1) is 0 Å². The van der Waals surface area contributed by atoms with Gasteiger partial charge in [-0.05, 0) is 60.9 Å². The minimum atomic E-state index is -0.801. The van der Waals surface area contributed by atoms with Crippen LogP contribution in [-0.4, -0.2) is 40.1 Å². The second-order valence-corrected chi connectivity index (χ2v) is 9.13. The number of thioether (sulfide) groups is 1. The Morgan fingerprint density at radius 3 is 2.39 bits per heavy atom. The fourth-order valence-corrected chi connectivity index (χ4v) is 4.17. The summed E-state index contributed by atoms with van der Waals surface area (Å²) in [6, 6.07) is 11.4. The van der Waals surface area contributed by atoms with E-state index in [-0.39, 0.29) is 29.6 Å². The number of carbonyl (C=O) groups is 3. The smallest absolute Gasteiger partial charge is 0.302 e. The SMILES string of the molecule is CCc1ccc([C@H](COC(C)=O)COc2ccc(CC3(C)SC(=O)NC3=O)cc2)nc1. The summed E-state index contributed by atoms with van der Waals surface area (Å²) in [4.78, 5) is 39.3. The monoisotopic (exact) mass is 442 g/mol. The third-order valence-electron chi connectivity index (χ3n) is 5.09. The molecule has 8 heteroatoms. The number of amides is 2. The van der Waals surface area contributed by atoms with E-state index >= 15 is 0 Å². The number of carbonyl (C=O) groups excluding carboxylic acids is 3. The van der Waals surface area contributed by atoms with Crippen molar-refractivity contribution in [1.82, 2.24) is 10.3 Å². The van der Waals surface area contributed by atoms with E-state index in [1.165, 1.54) is 6.92 Å². The van der Waals surface area contributed by atoms with Crippen molar-refractivity contribution in [2.45, 2.75) is 44.3 Å². The largest absolute Gasteiger partial charge is 0.493 e. The molecule has 1 saturated heterocycles. The van der Waals surface area contributed by atoms with Gasteiger partial charge in [0.15, 0.2) is 0 Å². The molecule has 1 aliphatic rings. The van der Waals surface area contributed by atoms with Crippen LogP contribution in [0.15, 0.2) is 42.6 Å². The lowest BCUT2D eigenvalue weighted by atomic mass is 9.99. The Morgan fingerprint density at radius 2 is 1.84 bits per heavy atom. The van der Waals surface area contributed by atoms with Crippen LogP contribution in [0.2, 0.25) is 0 Å². The minimum absolute atomic E-state index is 0.185. The number of benzene rings is 1. The molecule has 1 aromatic heterocycles. The second-order valence-electron chi connectivity index (χ2n) is 7.65. The quantitative estimate of drug-likeness (QED) is 0.592. The number of hydrogen-bond donors (Lipinski definition) is 1. The van der Waals surface area contributed by atoms with E-state index in [0.29, 0.717) is 18.8 Å². The minimum Gasteiger partial charge on any atom is -0.493 e. The number of aromatic nitrogens is 1. The normalized spacial score (nSPS) is 19.1. The van der Waals surface area contributed by atoms with Crippen molar-refractivity contribution in [3.8, 4) is 5.75 Å². The van der Waals surface area contributed by atoms with Gasteiger partial charge >= 0.3 is 5.97 Å². The molecule has 2 heterocycles. The van der Waals surface area contributed by atoms with E-state index < -0.39 is 4.75 Å². The summed E-state index contributed by atoms with van der Waals surface area (Å²) in [6.45, 7) is 5.69. The van der Waals surface area contributed by atoms with E-state index in [4.69, 9.17) is 9.47 Å².